The molecule has 9 nitrogen and oxygen atoms in total. The first kappa shape index (κ1) is 20.5. The molecular weight excluding hydrogens is 424 g/mol. The zero-order valence-electron chi connectivity index (χ0n) is 16.4. The summed E-state index contributed by atoms with van der Waals surface area (Å²) in [5.41, 5.74) is 0.271. The highest BCUT2D eigenvalue weighted by Gasteiger charge is 2.18. The molecule has 1 atom stereocenters. The number of fused-ring (bicyclic) bond motifs is 1. The molecule has 10 heteroatoms. The molecule has 3 aromatic rings. The Hall–Kier alpha value is -3.79. The number of carboxylic acid groups (broad SMARTS) is 1. The number of aliphatic carboxylic acids is 1. The third-order valence-electron chi connectivity index (χ3n) is 4.28. The van der Waals surface area contributed by atoms with Crippen LogP contribution < -0.4 is 24.3 Å². The Kier molecular flexibility index (Phi) is 5.89. The molecule has 31 heavy (non-hydrogen) atoms. The van der Waals surface area contributed by atoms with E-state index in [2.05, 4.69) is 10.3 Å². The average molecular weight is 442 g/mol. The first-order valence-electron chi connectivity index (χ1n) is 9.28. The molecule has 1 unspecified atom stereocenters. The van der Waals surface area contributed by atoms with Crippen LogP contribution in [0, 0.1) is 0 Å². The molecule has 1 aromatic carbocycles. The van der Waals surface area contributed by atoms with Gasteiger partial charge in [0.15, 0.2) is 22.7 Å². The van der Waals surface area contributed by atoms with Crippen molar-refractivity contribution in [3.05, 3.63) is 59.1 Å². The van der Waals surface area contributed by atoms with Crippen LogP contribution in [0.5, 0.6) is 28.2 Å². The summed E-state index contributed by atoms with van der Waals surface area (Å²) in [5, 5.41) is 12.2. The van der Waals surface area contributed by atoms with Crippen LogP contribution in [-0.2, 0) is 11.3 Å². The van der Waals surface area contributed by atoms with Crippen LogP contribution in [0.2, 0.25) is 0 Å². The van der Waals surface area contributed by atoms with Gasteiger partial charge in [0.2, 0.25) is 12.7 Å². The van der Waals surface area contributed by atoms with E-state index < -0.39 is 12.1 Å². The van der Waals surface area contributed by atoms with Crippen molar-refractivity contribution in [2.75, 3.05) is 6.79 Å². The Morgan fingerprint density at radius 2 is 2.06 bits per heavy atom. The lowest BCUT2D eigenvalue weighted by atomic mass is 10.2. The predicted molar refractivity (Wildman–Crippen MR) is 110 cm³/mol. The summed E-state index contributed by atoms with van der Waals surface area (Å²) in [5.74, 6) is 0.401. The van der Waals surface area contributed by atoms with Crippen LogP contribution in [-0.4, -0.2) is 34.9 Å². The fourth-order valence-corrected chi connectivity index (χ4v) is 3.57. The first-order valence-corrected chi connectivity index (χ1v) is 10.1. The quantitative estimate of drug-likeness (QED) is 0.545. The van der Waals surface area contributed by atoms with Gasteiger partial charge in [-0.25, -0.2) is 9.78 Å². The van der Waals surface area contributed by atoms with Gasteiger partial charge in [-0.05, 0) is 43.3 Å². The number of rotatable bonds is 8. The van der Waals surface area contributed by atoms with Crippen molar-refractivity contribution in [2.45, 2.75) is 19.6 Å². The van der Waals surface area contributed by atoms with Gasteiger partial charge in [-0.1, -0.05) is 0 Å². The molecule has 3 heterocycles. The van der Waals surface area contributed by atoms with Crippen LogP contribution >= 0.6 is 11.3 Å². The van der Waals surface area contributed by atoms with Gasteiger partial charge in [0.05, 0.1) is 6.54 Å². The van der Waals surface area contributed by atoms with Crippen molar-refractivity contribution in [3.63, 3.8) is 0 Å². The number of nitrogens with one attached hydrogen (secondary N) is 1. The fraction of sp³-hybridized carbons (Fsp3) is 0.190. The van der Waals surface area contributed by atoms with Crippen molar-refractivity contribution in [2.24, 2.45) is 0 Å². The van der Waals surface area contributed by atoms with E-state index in [-0.39, 0.29) is 30.7 Å². The van der Waals surface area contributed by atoms with Crippen molar-refractivity contribution < 1.29 is 33.6 Å². The number of thiophene rings is 1. The molecule has 2 aromatic heterocycles. The van der Waals surface area contributed by atoms with E-state index in [1.807, 2.05) is 0 Å². The van der Waals surface area contributed by atoms with Gasteiger partial charge in [-0.2, -0.15) is 0 Å². The predicted octanol–water partition coefficient (Wildman–Crippen LogP) is 3.45. The Labute approximate surface area is 181 Å². The Morgan fingerprint density at radius 3 is 2.90 bits per heavy atom. The number of hydrogen-bond donors (Lipinski definition) is 2. The zero-order chi connectivity index (χ0) is 21.8. The normalized spacial score (nSPS) is 12.8. The summed E-state index contributed by atoms with van der Waals surface area (Å²) in [6, 6.07) is 11.8. The molecule has 0 radical (unpaired) electrons. The highest BCUT2D eigenvalue weighted by atomic mass is 32.1. The van der Waals surface area contributed by atoms with E-state index >= 15 is 0 Å². The number of pyridine rings is 1. The number of aromatic nitrogens is 1. The minimum atomic E-state index is -1.05. The number of hydrogen-bond acceptors (Lipinski definition) is 8. The lowest BCUT2D eigenvalue weighted by Crippen LogP contribution is -2.23. The van der Waals surface area contributed by atoms with Crippen molar-refractivity contribution in [1.29, 1.82) is 0 Å². The monoisotopic (exact) mass is 442 g/mol. The van der Waals surface area contributed by atoms with Gasteiger partial charge in [0.1, 0.15) is 11.3 Å². The highest BCUT2D eigenvalue weighted by Crippen LogP contribution is 2.36. The molecular formula is C21H18N2O7S. The molecule has 0 spiro atoms. The van der Waals surface area contributed by atoms with Gasteiger partial charge in [-0.15, -0.1) is 11.3 Å². The maximum atomic E-state index is 12.7. The van der Waals surface area contributed by atoms with Crippen LogP contribution in [0.3, 0.4) is 0 Å². The second-order valence-corrected chi connectivity index (χ2v) is 7.61. The van der Waals surface area contributed by atoms with E-state index in [0.29, 0.717) is 22.3 Å². The Balaban J connectivity index is 1.40. The molecule has 0 aliphatic carbocycles. The molecule has 1 aliphatic heterocycles. The molecule has 2 N–H and O–H groups in total. The summed E-state index contributed by atoms with van der Waals surface area (Å²) in [7, 11) is 0. The zero-order valence-corrected chi connectivity index (χ0v) is 17.2. The minimum absolute atomic E-state index is 0.153. The molecule has 0 saturated carbocycles. The number of amides is 1. The van der Waals surface area contributed by atoms with E-state index in [0.717, 1.165) is 4.88 Å². The molecule has 4 rings (SSSR count). The smallest absolute Gasteiger partial charge is 0.344 e. The molecule has 0 fully saturated rings. The lowest BCUT2D eigenvalue weighted by Gasteiger charge is -2.10. The molecule has 160 valence electrons. The second kappa shape index (κ2) is 8.92. The van der Waals surface area contributed by atoms with E-state index in [9.17, 15) is 9.59 Å². The maximum absolute atomic E-state index is 12.7. The standard InChI is InChI=1S/C21H18N2O7S/c1-12(21(25)26)29-18-7-5-14(31-18)10-23-19(24)15-3-2-8-22-20(15)30-13-4-6-16-17(9-13)28-11-27-16/h2-9,12H,10-11H2,1H3,(H,23,24)(H,25,26). The average Bonchev–Trinajstić information content (AvgIpc) is 3.41. The van der Waals surface area contributed by atoms with Crippen molar-refractivity contribution >= 4 is 23.2 Å². The highest BCUT2D eigenvalue weighted by molar-refractivity contribution is 7.13. The van der Waals surface area contributed by atoms with Crippen LogP contribution in [0.15, 0.2) is 48.7 Å². The molecule has 0 bridgehead atoms. The number of ether oxygens (including phenoxy) is 4. The SMILES string of the molecule is CC(Oc1ccc(CNC(=O)c2cccnc2Oc2ccc3c(c2)OCO3)s1)C(=O)O. The summed E-state index contributed by atoms with van der Waals surface area (Å²) in [6.45, 7) is 1.85. The topological polar surface area (TPSA) is 116 Å². The van der Waals surface area contributed by atoms with Gasteiger partial charge < -0.3 is 29.4 Å². The number of carbonyl (C=O) groups is 2. The fourth-order valence-electron chi connectivity index (χ4n) is 2.70. The van der Waals surface area contributed by atoms with Gasteiger partial charge >= 0.3 is 5.97 Å². The van der Waals surface area contributed by atoms with Crippen LogP contribution in [0.4, 0.5) is 0 Å². The summed E-state index contributed by atoms with van der Waals surface area (Å²) in [4.78, 5) is 28.6. The third kappa shape index (κ3) is 4.86. The van der Waals surface area contributed by atoms with Crippen LogP contribution in [0.25, 0.3) is 0 Å². The lowest BCUT2D eigenvalue weighted by molar-refractivity contribution is -0.144. The summed E-state index contributed by atoms with van der Waals surface area (Å²) in [6.07, 6.45) is 0.582. The number of carboxylic acids is 1. The summed E-state index contributed by atoms with van der Waals surface area (Å²) >= 11 is 1.26. The Bertz CT molecular complexity index is 1110. The van der Waals surface area contributed by atoms with E-state index in [1.165, 1.54) is 24.5 Å². The van der Waals surface area contributed by atoms with Gasteiger partial charge in [0.25, 0.3) is 5.91 Å². The summed E-state index contributed by atoms with van der Waals surface area (Å²) < 4.78 is 21.7. The van der Waals surface area contributed by atoms with E-state index in [1.54, 1.807) is 42.5 Å². The largest absolute Gasteiger partial charge is 0.479 e. The second-order valence-electron chi connectivity index (χ2n) is 6.47. The van der Waals surface area contributed by atoms with Crippen molar-refractivity contribution in [1.82, 2.24) is 10.3 Å². The number of carbonyl (C=O) groups excluding carboxylic acids is 1. The first-order chi connectivity index (χ1) is 15.0. The van der Waals surface area contributed by atoms with Gasteiger partial charge in [0, 0.05) is 17.1 Å². The maximum Gasteiger partial charge on any atom is 0.344 e. The molecule has 1 aliphatic rings. The van der Waals surface area contributed by atoms with Crippen molar-refractivity contribution in [3.8, 4) is 28.2 Å². The third-order valence-corrected chi connectivity index (χ3v) is 5.25. The van der Waals surface area contributed by atoms with Gasteiger partial charge in [-0.3, -0.25) is 4.79 Å². The number of nitrogens with zero attached hydrogens (tertiary/aromatic N) is 1. The minimum Gasteiger partial charge on any atom is -0.479 e. The van der Waals surface area contributed by atoms with E-state index in [4.69, 9.17) is 24.1 Å². The molecule has 0 saturated heterocycles. The Morgan fingerprint density at radius 1 is 1.23 bits per heavy atom. The van der Waals surface area contributed by atoms with Crippen LogP contribution in [0.1, 0.15) is 22.2 Å². The number of benzene rings is 1. The molecule has 1 amide bonds.